The van der Waals surface area contributed by atoms with E-state index >= 15 is 0 Å². The number of carbonyl (C=O) groups is 3. The summed E-state index contributed by atoms with van der Waals surface area (Å²) >= 11 is 5.61. The molecule has 0 bridgehead atoms. The molecule has 0 radical (unpaired) electrons. The average molecular weight is 344 g/mol. The Morgan fingerprint density at radius 1 is 1.35 bits per heavy atom. The number of nitrogens with zero attached hydrogens (tertiary/aromatic N) is 1. The highest BCUT2D eigenvalue weighted by atomic mass is 35.5. The van der Waals surface area contributed by atoms with Crippen LogP contribution in [0.1, 0.15) is 16.8 Å². The monoisotopic (exact) mass is 343 g/mol. The van der Waals surface area contributed by atoms with Crippen molar-refractivity contribution in [2.75, 3.05) is 13.2 Å². The maximum absolute atomic E-state index is 13.1. The van der Waals surface area contributed by atoms with E-state index in [2.05, 4.69) is 0 Å². The first kappa shape index (κ1) is 17.2. The molecule has 1 aliphatic heterocycles. The smallest absolute Gasteiger partial charge is 0.254 e. The summed E-state index contributed by atoms with van der Waals surface area (Å²) < 4.78 is 18.1. The van der Waals surface area contributed by atoms with Crippen molar-refractivity contribution >= 4 is 29.4 Å². The van der Waals surface area contributed by atoms with Gasteiger partial charge in [0.1, 0.15) is 5.82 Å². The lowest BCUT2D eigenvalue weighted by Gasteiger charge is -2.25. The van der Waals surface area contributed by atoms with Crippen LogP contribution in [0.25, 0.3) is 0 Å². The molecule has 7 nitrogen and oxygen atoms in total. The molecule has 1 amide bonds. The number of rotatable bonds is 5. The fraction of sp³-hybridized carbons (Fsp3) is 0.357. The fourth-order valence-electron chi connectivity index (χ4n) is 2.35. The molecule has 0 aromatic heterocycles. The number of aliphatic carboxylic acids is 2. The predicted octanol–water partition coefficient (Wildman–Crippen LogP) is -1.42. The summed E-state index contributed by atoms with van der Waals surface area (Å²) in [6.45, 7) is -0.853. The topological polar surface area (TPSA) is 110 Å². The zero-order chi connectivity index (χ0) is 17.1. The Balaban J connectivity index is 2.17. The first-order chi connectivity index (χ1) is 10.8. The molecule has 23 heavy (non-hydrogen) atoms. The molecular weight excluding hydrogens is 333 g/mol. The van der Waals surface area contributed by atoms with Crippen LogP contribution in [0.2, 0.25) is 5.02 Å². The minimum Gasteiger partial charge on any atom is -0.548 e. The molecule has 1 fully saturated rings. The van der Waals surface area contributed by atoms with E-state index < -0.39 is 42.4 Å². The van der Waals surface area contributed by atoms with E-state index in [0.29, 0.717) is 0 Å². The van der Waals surface area contributed by atoms with Crippen LogP contribution in [0.15, 0.2) is 18.2 Å². The van der Waals surface area contributed by atoms with Crippen LogP contribution in [-0.4, -0.2) is 48.0 Å². The number of carboxylic acid groups (broad SMARTS) is 2. The summed E-state index contributed by atoms with van der Waals surface area (Å²) in [5.74, 6) is -4.35. The van der Waals surface area contributed by atoms with Crippen LogP contribution in [0, 0.1) is 5.82 Å². The third-order valence-corrected chi connectivity index (χ3v) is 3.69. The van der Waals surface area contributed by atoms with Gasteiger partial charge in [-0.05, 0) is 18.2 Å². The van der Waals surface area contributed by atoms with E-state index in [0.717, 1.165) is 17.0 Å². The van der Waals surface area contributed by atoms with Crippen molar-refractivity contribution in [1.82, 2.24) is 4.90 Å². The number of amides is 1. The number of benzene rings is 1. The van der Waals surface area contributed by atoms with Gasteiger partial charge in [0.25, 0.3) is 5.91 Å². The SMILES string of the molecule is O=C([O-])CO[C@@H]1C[C@@H](C(=O)[O-])N(C(=O)c2ccc(F)c(Cl)c2)C1. The molecule has 1 heterocycles. The molecule has 1 aromatic rings. The van der Waals surface area contributed by atoms with Gasteiger partial charge >= 0.3 is 0 Å². The van der Waals surface area contributed by atoms with Gasteiger partial charge < -0.3 is 29.4 Å². The molecule has 1 saturated heterocycles. The zero-order valence-corrected chi connectivity index (χ0v) is 12.4. The van der Waals surface area contributed by atoms with Crippen LogP contribution < -0.4 is 10.2 Å². The van der Waals surface area contributed by atoms with Crippen LogP contribution in [-0.2, 0) is 14.3 Å². The third-order valence-electron chi connectivity index (χ3n) is 3.40. The minimum absolute atomic E-state index is 0.00296. The van der Waals surface area contributed by atoms with Crippen molar-refractivity contribution in [3.05, 3.63) is 34.6 Å². The second kappa shape index (κ2) is 6.93. The molecule has 0 N–H and O–H groups in total. The fourth-order valence-corrected chi connectivity index (χ4v) is 2.53. The number of carbonyl (C=O) groups excluding carboxylic acids is 3. The van der Waals surface area contributed by atoms with Gasteiger partial charge in [0.05, 0.1) is 35.7 Å². The minimum atomic E-state index is -1.49. The molecule has 1 aromatic carbocycles. The van der Waals surface area contributed by atoms with Gasteiger partial charge in [-0.3, -0.25) is 4.79 Å². The lowest BCUT2D eigenvalue weighted by molar-refractivity contribution is -0.310. The van der Waals surface area contributed by atoms with E-state index in [1.165, 1.54) is 6.07 Å². The van der Waals surface area contributed by atoms with Crippen LogP contribution in [0.4, 0.5) is 4.39 Å². The van der Waals surface area contributed by atoms with Gasteiger partial charge in [-0.15, -0.1) is 0 Å². The van der Waals surface area contributed by atoms with Gasteiger partial charge in [0.2, 0.25) is 0 Å². The summed E-state index contributed by atoms with van der Waals surface area (Å²) in [7, 11) is 0. The highest BCUT2D eigenvalue weighted by Gasteiger charge is 2.37. The number of hydrogen-bond donors (Lipinski definition) is 0. The maximum Gasteiger partial charge on any atom is 0.254 e. The molecular formula is C14H11ClFNO6-2. The van der Waals surface area contributed by atoms with Crippen LogP contribution in [0.5, 0.6) is 0 Å². The van der Waals surface area contributed by atoms with E-state index in [9.17, 15) is 29.0 Å². The summed E-state index contributed by atoms with van der Waals surface area (Å²) in [6, 6.07) is 1.97. The number of ether oxygens (including phenoxy) is 1. The quantitative estimate of drug-likeness (QED) is 0.649. The molecule has 0 aliphatic carbocycles. The van der Waals surface area contributed by atoms with Gasteiger partial charge in [-0.1, -0.05) is 11.6 Å². The Kier molecular flexibility index (Phi) is 5.17. The maximum atomic E-state index is 13.1. The molecule has 0 spiro atoms. The van der Waals surface area contributed by atoms with E-state index in [1.807, 2.05) is 0 Å². The zero-order valence-electron chi connectivity index (χ0n) is 11.7. The molecule has 2 atom stereocenters. The first-order valence-corrected chi connectivity index (χ1v) is 6.95. The van der Waals surface area contributed by atoms with Crippen molar-refractivity contribution < 1.29 is 33.7 Å². The van der Waals surface area contributed by atoms with E-state index in [1.54, 1.807) is 0 Å². The van der Waals surface area contributed by atoms with Crippen molar-refractivity contribution in [2.45, 2.75) is 18.6 Å². The number of halogens is 2. The Morgan fingerprint density at radius 2 is 2.04 bits per heavy atom. The summed E-state index contributed by atoms with van der Waals surface area (Å²) in [5, 5.41) is 21.3. The number of likely N-dealkylation sites (tertiary alicyclic amines) is 1. The van der Waals surface area contributed by atoms with Crippen LogP contribution in [0.3, 0.4) is 0 Å². The van der Waals surface area contributed by atoms with Gasteiger partial charge in [-0.2, -0.15) is 0 Å². The second-order valence-corrected chi connectivity index (χ2v) is 5.37. The average Bonchev–Trinajstić information content (AvgIpc) is 2.91. The normalized spacial score (nSPS) is 20.5. The van der Waals surface area contributed by atoms with Gasteiger partial charge in [0.15, 0.2) is 0 Å². The number of hydrogen-bond acceptors (Lipinski definition) is 6. The number of carboxylic acids is 2. The lowest BCUT2D eigenvalue weighted by Crippen LogP contribution is -2.47. The lowest BCUT2D eigenvalue weighted by atomic mass is 10.1. The van der Waals surface area contributed by atoms with E-state index in [-0.39, 0.29) is 23.6 Å². The van der Waals surface area contributed by atoms with Gasteiger partial charge in [-0.25, -0.2) is 4.39 Å². The standard InChI is InChI=1S/C14H13ClFNO6/c15-9-3-7(1-2-10(9)16)13(20)17-5-8(23-6-12(18)19)4-11(17)14(21)22/h1-3,8,11H,4-6H2,(H,18,19)(H,21,22)/p-2/t8-,11+/m1/s1. The Morgan fingerprint density at radius 3 is 2.61 bits per heavy atom. The Labute approximate surface area is 135 Å². The molecule has 9 heteroatoms. The predicted molar refractivity (Wildman–Crippen MR) is 70.6 cm³/mol. The largest absolute Gasteiger partial charge is 0.548 e. The van der Waals surface area contributed by atoms with Crippen molar-refractivity contribution in [3.63, 3.8) is 0 Å². The highest BCUT2D eigenvalue weighted by molar-refractivity contribution is 6.31. The summed E-state index contributed by atoms with van der Waals surface area (Å²) in [6.07, 6.45) is -0.897. The van der Waals surface area contributed by atoms with Crippen molar-refractivity contribution in [1.29, 1.82) is 0 Å². The molecule has 124 valence electrons. The molecule has 2 rings (SSSR count). The third kappa shape index (κ3) is 3.96. The van der Waals surface area contributed by atoms with Crippen molar-refractivity contribution in [3.8, 4) is 0 Å². The summed E-state index contributed by atoms with van der Waals surface area (Å²) in [4.78, 5) is 34.9. The van der Waals surface area contributed by atoms with Crippen LogP contribution >= 0.6 is 11.6 Å². The van der Waals surface area contributed by atoms with Gasteiger partial charge in [0, 0.05) is 18.5 Å². The van der Waals surface area contributed by atoms with E-state index in [4.69, 9.17) is 16.3 Å². The van der Waals surface area contributed by atoms with Crippen molar-refractivity contribution in [2.24, 2.45) is 0 Å². The Hall–Kier alpha value is -2.19. The molecule has 1 aliphatic rings. The Bertz CT molecular complexity index is 652. The highest BCUT2D eigenvalue weighted by Crippen LogP contribution is 2.24. The second-order valence-electron chi connectivity index (χ2n) is 4.96. The first-order valence-electron chi connectivity index (χ1n) is 6.58. The summed E-state index contributed by atoms with van der Waals surface area (Å²) in [5.41, 5.74) is 0.00296. The molecule has 0 unspecified atom stereocenters. The molecule has 0 saturated carbocycles.